The van der Waals surface area contributed by atoms with Crippen molar-refractivity contribution in [3.8, 4) is 11.5 Å². The summed E-state index contributed by atoms with van der Waals surface area (Å²) in [7, 11) is 0. The van der Waals surface area contributed by atoms with Gasteiger partial charge < -0.3 is 14.8 Å². The predicted molar refractivity (Wildman–Crippen MR) is 82.9 cm³/mol. The zero-order valence-electron chi connectivity index (χ0n) is 12.3. The largest absolute Gasteiger partial charge is 0.454 e. The van der Waals surface area contributed by atoms with E-state index >= 15 is 0 Å². The molecule has 2 aromatic carbocycles. The minimum absolute atomic E-state index is 0.195. The molecule has 1 unspecified atom stereocenters. The van der Waals surface area contributed by atoms with Crippen molar-refractivity contribution < 1.29 is 9.47 Å². The van der Waals surface area contributed by atoms with Gasteiger partial charge in [-0.15, -0.1) is 0 Å². The van der Waals surface area contributed by atoms with Gasteiger partial charge in [-0.1, -0.05) is 38.1 Å². The molecule has 0 saturated heterocycles. The molecular formula is C18H19NO2. The van der Waals surface area contributed by atoms with Crippen molar-refractivity contribution >= 4 is 5.69 Å². The number of rotatable bonds is 2. The summed E-state index contributed by atoms with van der Waals surface area (Å²) in [5, 5.41) is 3.68. The highest BCUT2D eigenvalue weighted by Gasteiger charge is 2.38. The van der Waals surface area contributed by atoms with Gasteiger partial charge in [0, 0.05) is 11.8 Å². The fourth-order valence-electron chi connectivity index (χ4n) is 3.42. The van der Waals surface area contributed by atoms with Gasteiger partial charge in [0.05, 0.1) is 6.04 Å². The molecule has 0 spiro atoms. The van der Waals surface area contributed by atoms with E-state index in [1.807, 2.05) is 12.1 Å². The number of ether oxygens (including phenoxy) is 2. The first-order valence-corrected chi connectivity index (χ1v) is 7.37. The van der Waals surface area contributed by atoms with E-state index in [0.29, 0.717) is 12.8 Å². The summed E-state index contributed by atoms with van der Waals surface area (Å²) in [4.78, 5) is 0. The van der Waals surface area contributed by atoms with Crippen LogP contribution in [0.2, 0.25) is 0 Å². The number of hydrogen-bond acceptors (Lipinski definition) is 3. The third kappa shape index (κ3) is 2.04. The van der Waals surface area contributed by atoms with Crippen LogP contribution in [0.5, 0.6) is 11.5 Å². The lowest BCUT2D eigenvalue weighted by Gasteiger charge is -2.29. The first-order chi connectivity index (χ1) is 10.1. The molecule has 108 valence electrons. The molecule has 1 atom stereocenters. The van der Waals surface area contributed by atoms with Crippen LogP contribution in [0.1, 0.15) is 31.0 Å². The van der Waals surface area contributed by atoms with Gasteiger partial charge >= 0.3 is 0 Å². The van der Waals surface area contributed by atoms with Crippen LogP contribution in [0, 0.1) is 5.41 Å². The molecular weight excluding hydrogens is 262 g/mol. The second kappa shape index (κ2) is 4.42. The van der Waals surface area contributed by atoms with Crippen LogP contribution in [0.15, 0.2) is 42.5 Å². The smallest absolute Gasteiger partial charge is 0.231 e. The lowest BCUT2D eigenvalue weighted by atomic mass is 9.85. The van der Waals surface area contributed by atoms with Crippen molar-refractivity contribution in [3.05, 3.63) is 53.6 Å². The molecule has 1 aliphatic heterocycles. The second-order valence-corrected chi connectivity index (χ2v) is 6.51. The summed E-state index contributed by atoms with van der Waals surface area (Å²) in [5.41, 5.74) is 4.12. The highest BCUT2D eigenvalue weighted by Crippen LogP contribution is 2.47. The highest BCUT2D eigenvalue weighted by atomic mass is 16.7. The molecule has 0 saturated carbocycles. The van der Waals surface area contributed by atoms with Crippen LogP contribution in [-0.2, 0) is 6.42 Å². The summed E-state index contributed by atoms with van der Waals surface area (Å²) in [6.45, 7) is 4.95. The van der Waals surface area contributed by atoms with Gasteiger partial charge in [-0.2, -0.15) is 0 Å². The lowest BCUT2D eigenvalue weighted by Crippen LogP contribution is -2.24. The van der Waals surface area contributed by atoms with Gasteiger partial charge in [0.15, 0.2) is 11.5 Å². The van der Waals surface area contributed by atoms with Crippen molar-refractivity contribution in [1.82, 2.24) is 0 Å². The number of fused-ring (bicyclic) bond motifs is 2. The molecule has 0 amide bonds. The maximum atomic E-state index is 5.46. The van der Waals surface area contributed by atoms with Gasteiger partial charge in [-0.25, -0.2) is 0 Å². The Kier molecular flexibility index (Phi) is 2.64. The van der Waals surface area contributed by atoms with Crippen LogP contribution in [0.3, 0.4) is 0 Å². The molecule has 4 rings (SSSR count). The molecule has 0 radical (unpaired) electrons. The van der Waals surface area contributed by atoms with E-state index in [2.05, 4.69) is 49.5 Å². The minimum Gasteiger partial charge on any atom is -0.454 e. The van der Waals surface area contributed by atoms with Gasteiger partial charge in [0.2, 0.25) is 6.79 Å². The topological polar surface area (TPSA) is 30.5 Å². The van der Waals surface area contributed by atoms with Gasteiger partial charge in [0.1, 0.15) is 0 Å². The summed E-state index contributed by atoms with van der Waals surface area (Å²) in [6.07, 6.45) is 1.10. The Morgan fingerprint density at radius 1 is 1.05 bits per heavy atom. The lowest BCUT2D eigenvalue weighted by molar-refractivity contribution is 0.174. The van der Waals surface area contributed by atoms with Gasteiger partial charge in [0.25, 0.3) is 0 Å². The predicted octanol–water partition coefficient (Wildman–Crippen LogP) is 4.15. The fraction of sp³-hybridized carbons (Fsp3) is 0.333. The highest BCUT2D eigenvalue weighted by molar-refractivity contribution is 5.57. The van der Waals surface area contributed by atoms with Crippen molar-refractivity contribution in [2.24, 2.45) is 5.41 Å². The van der Waals surface area contributed by atoms with E-state index in [1.54, 1.807) is 0 Å². The molecule has 21 heavy (non-hydrogen) atoms. The summed E-state index contributed by atoms with van der Waals surface area (Å²) in [6, 6.07) is 15.1. The molecule has 2 aromatic rings. The van der Waals surface area contributed by atoms with Crippen molar-refractivity contribution in [3.63, 3.8) is 0 Å². The number of nitrogens with one attached hydrogen (secondary N) is 1. The van der Waals surface area contributed by atoms with Crippen LogP contribution in [0.25, 0.3) is 0 Å². The van der Waals surface area contributed by atoms with Crippen LogP contribution in [0.4, 0.5) is 5.69 Å². The SMILES string of the molecule is CC1(C)Cc2ccccc2C1Nc1ccc2c(c1)OCO2. The van der Waals surface area contributed by atoms with Gasteiger partial charge in [-0.3, -0.25) is 0 Å². The molecule has 0 aromatic heterocycles. The van der Waals surface area contributed by atoms with E-state index in [1.165, 1.54) is 11.1 Å². The number of anilines is 1. The van der Waals surface area contributed by atoms with Crippen molar-refractivity contribution in [1.29, 1.82) is 0 Å². The van der Waals surface area contributed by atoms with E-state index < -0.39 is 0 Å². The average molecular weight is 281 g/mol. The Hall–Kier alpha value is -2.16. The Labute approximate surface area is 124 Å². The van der Waals surface area contributed by atoms with Crippen molar-refractivity contribution in [2.75, 3.05) is 12.1 Å². The average Bonchev–Trinajstić information content (AvgIpc) is 3.01. The van der Waals surface area contributed by atoms with Crippen molar-refractivity contribution in [2.45, 2.75) is 26.3 Å². The molecule has 3 nitrogen and oxygen atoms in total. The van der Waals surface area contributed by atoms with E-state index in [0.717, 1.165) is 23.6 Å². The van der Waals surface area contributed by atoms with E-state index in [-0.39, 0.29) is 5.41 Å². The molecule has 1 N–H and O–H groups in total. The maximum Gasteiger partial charge on any atom is 0.231 e. The third-order valence-electron chi connectivity index (χ3n) is 4.48. The van der Waals surface area contributed by atoms with Gasteiger partial charge in [-0.05, 0) is 35.1 Å². The van der Waals surface area contributed by atoms with Crippen LogP contribution < -0.4 is 14.8 Å². The molecule has 0 fully saturated rings. The Bertz CT molecular complexity index is 693. The normalized spacial score (nSPS) is 21.1. The molecule has 3 heteroatoms. The monoisotopic (exact) mass is 281 g/mol. The van der Waals surface area contributed by atoms with Crippen LogP contribution >= 0.6 is 0 Å². The standard InChI is InChI=1S/C18H19NO2/c1-18(2)10-12-5-3-4-6-14(12)17(18)19-13-7-8-15-16(9-13)21-11-20-15/h3-9,17,19H,10-11H2,1-2H3. The molecule has 1 heterocycles. The summed E-state index contributed by atoms with van der Waals surface area (Å²) < 4.78 is 10.8. The van der Waals surface area contributed by atoms with E-state index in [4.69, 9.17) is 9.47 Å². The Balaban J connectivity index is 1.67. The molecule has 2 aliphatic rings. The summed E-state index contributed by atoms with van der Waals surface area (Å²) >= 11 is 0. The fourth-order valence-corrected chi connectivity index (χ4v) is 3.42. The quantitative estimate of drug-likeness (QED) is 0.897. The number of benzene rings is 2. The van der Waals surface area contributed by atoms with E-state index in [9.17, 15) is 0 Å². The number of hydrogen-bond donors (Lipinski definition) is 1. The Morgan fingerprint density at radius 2 is 1.86 bits per heavy atom. The first kappa shape index (κ1) is 12.6. The van der Waals surface area contributed by atoms with Crippen LogP contribution in [-0.4, -0.2) is 6.79 Å². The Morgan fingerprint density at radius 3 is 2.76 bits per heavy atom. The zero-order chi connectivity index (χ0) is 14.4. The first-order valence-electron chi connectivity index (χ1n) is 7.37. The maximum absolute atomic E-state index is 5.46. The molecule has 0 bridgehead atoms. The third-order valence-corrected chi connectivity index (χ3v) is 4.48. The molecule has 1 aliphatic carbocycles. The summed E-state index contributed by atoms with van der Waals surface area (Å²) in [5.74, 6) is 1.65. The minimum atomic E-state index is 0.195. The zero-order valence-corrected chi connectivity index (χ0v) is 12.3. The second-order valence-electron chi connectivity index (χ2n) is 6.51.